The summed E-state index contributed by atoms with van der Waals surface area (Å²) in [5.74, 6) is 0. The van der Waals surface area contributed by atoms with Crippen molar-refractivity contribution in [3.8, 4) is 0 Å². The van der Waals surface area contributed by atoms with Crippen LogP contribution in [0.3, 0.4) is 0 Å². The molecule has 0 heterocycles. The summed E-state index contributed by atoms with van der Waals surface area (Å²) in [6.45, 7) is 14.2. The van der Waals surface area contributed by atoms with Crippen molar-refractivity contribution in [1.82, 2.24) is 0 Å². The van der Waals surface area contributed by atoms with Crippen LogP contribution in [0.15, 0.2) is 60.7 Å². The highest BCUT2D eigenvalue weighted by molar-refractivity contribution is 6.91. The minimum atomic E-state index is -1.89. The van der Waals surface area contributed by atoms with Crippen molar-refractivity contribution in [2.45, 2.75) is 58.2 Å². The van der Waals surface area contributed by atoms with Gasteiger partial charge in [0.2, 0.25) is 9.04 Å². The van der Waals surface area contributed by atoms with Gasteiger partial charge in [-0.3, -0.25) is 0 Å². The zero-order valence-electron chi connectivity index (χ0n) is 16.0. The Labute approximate surface area is 150 Å². The fourth-order valence-corrected chi connectivity index (χ4v) is 15.7. The lowest BCUT2D eigenvalue weighted by Crippen LogP contribution is -2.58. The van der Waals surface area contributed by atoms with Crippen molar-refractivity contribution >= 4 is 27.7 Å². The van der Waals surface area contributed by atoms with E-state index >= 15 is 0 Å². The SMILES string of the molecule is CC(C)[Si](O[SiH](c1ccccc1)c1ccccc1)(C(C)C)C(C)C. The highest BCUT2D eigenvalue weighted by Crippen LogP contribution is 2.42. The molecule has 0 spiro atoms. The average Bonchev–Trinajstić information content (AvgIpc) is 2.56. The maximum absolute atomic E-state index is 7.27. The Balaban J connectivity index is 2.51. The van der Waals surface area contributed by atoms with Crippen molar-refractivity contribution in [2.75, 3.05) is 0 Å². The molecule has 24 heavy (non-hydrogen) atoms. The molecule has 0 amide bonds. The third-order valence-electron chi connectivity index (χ3n) is 5.23. The Bertz CT molecular complexity index is 547. The molecule has 2 aromatic rings. The van der Waals surface area contributed by atoms with Crippen LogP contribution in [0.1, 0.15) is 41.5 Å². The number of benzene rings is 2. The molecule has 0 aliphatic heterocycles. The number of rotatable bonds is 7. The smallest absolute Gasteiger partial charge is 0.228 e. The van der Waals surface area contributed by atoms with Gasteiger partial charge in [-0.25, -0.2) is 0 Å². The summed E-state index contributed by atoms with van der Waals surface area (Å²) in [4.78, 5) is 0. The molecule has 2 rings (SSSR count). The Morgan fingerprint density at radius 1 is 0.625 bits per heavy atom. The van der Waals surface area contributed by atoms with Gasteiger partial charge in [-0.15, -0.1) is 0 Å². The van der Waals surface area contributed by atoms with Crippen LogP contribution >= 0.6 is 0 Å². The van der Waals surface area contributed by atoms with E-state index < -0.39 is 17.4 Å². The Morgan fingerprint density at radius 3 is 1.25 bits per heavy atom. The third kappa shape index (κ3) is 3.90. The highest BCUT2D eigenvalue weighted by Gasteiger charge is 2.46. The number of hydrogen-bond donors (Lipinski definition) is 0. The minimum absolute atomic E-state index is 0.611. The van der Waals surface area contributed by atoms with E-state index in [1.54, 1.807) is 0 Å². The van der Waals surface area contributed by atoms with Gasteiger partial charge in [0.1, 0.15) is 0 Å². The first kappa shape index (κ1) is 19.2. The van der Waals surface area contributed by atoms with Gasteiger partial charge in [-0.05, 0) is 27.0 Å². The Hall–Kier alpha value is -1.17. The molecule has 0 aliphatic rings. The second-order valence-electron chi connectivity index (χ2n) is 7.64. The lowest BCUT2D eigenvalue weighted by Gasteiger charge is -2.45. The molecule has 130 valence electrons. The fourth-order valence-electron chi connectivity index (χ4n) is 4.20. The van der Waals surface area contributed by atoms with Crippen LogP contribution in [0.4, 0.5) is 0 Å². The predicted octanol–water partition coefficient (Wildman–Crippen LogP) is 4.72. The second-order valence-corrected chi connectivity index (χ2v) is 15.8. The van der Waals surface area contributed by atoms with E-state index in [0.717, 1.165) is 0 Å². The maximum Gasteiger partial charge on any atom is 0.228 e. The van der Waals surface area contributed by atoms with Crippen molar-refractivity contribution in [1.29, 1.82) is 0 Å². The number of hydrogen-bond acceptors (Lipinski definition) is 1. The maximum atomic E-state index is 7.27. The quantitative estimate of drug-likeness (QED) is 0.652. The Kier molecular flexibility index (Phi) is 6.61. The molecule has 0 saturated heterocycles. The molecule has 0 unspecified atom stereocenters. The van der Waals surface area contributed by atoms with Gasteiger partial charge in [0.15, 0.2) is 8.32 Å². The van der Waals surface area contributed by atoms with Gasteiger partial charge >= 0.3 is 0 Å². The van der Waals surface area contributed by atoms with Crippen molar-refractivity contribution < 1.29 is 4.12 Å². The van der Waals surface area contributed by atoms with E-state index in [-0.39, 0.29) is 0 Å². The summed E-state index contributed by atoms with van der Waals surface area (Å²) in [5, 5.41) is 2.78. The van der Waals surface area contributed by atoms with Crippen LogP contribution in [0.2, 0.25) is 16.6 Å². The van der Waals surface area contributed by atoms with Crippen molar-refractivity contribution in [3.63, 3.8) is 0 Å². The largest absolute Gasteiger partial charge is 0.450 e. The summed E-state index contributed by atoms with van der Waals surface area (Å²) in [7, 11) is -3.58. The molecule has 0 aliphatic carbocycles. The summed E-state index contributed by atoms with van der Waals surface area (Å²) in [6.07, 6.45) is 0. The molecule has 0 N–H and O–H groups in total. The second kappa shape index (κ2) is 8.28. The minimum Gasteiger partial charge on any atom is -0.450 e. The molecule has 0 radical (unpaired) electrons. The summed E-state index contributed by atoms with van der Waals surface area (Å²) in [6, 6.07) is 21.8. The van der Waals surface area contributed by atoms with E-state index in [9.17, 15) is 0 Å². The van der Waals surface area contributed by atoms with E-state index in [1.165, 1.54) is 10.4 Å². The van der Waals surface area contributed by atoms with Gasteiger partial charge in [-0.1, -0.05) is 102 Å². The first-order chi connectivity index (χ1) is 11.4. The zero-order valence-corrected chi connectivity index (χ0v) is 18.1. The Morgan fingerprint density at radius 2 is 0.958 bits per heavy atom. The van der Waals surface area contributed by atoms with Crippen LogP contribution in [-0.4, -0.2) is 17.4 Å². The van der Waals surface area contributed by atoms with E-state index in [1.807, 2.05) is 0 Å². The molecule has 3 heteroatoms. The fraction of sp³-hybridized carbons (Fsp3) is 0.429. The van der Waals surface area contributed by atoms with E-state index in [2.05, 4.69) is 102 Å². The normalized spacial score (nSPS) is 12.6. The summed E-state index contributed by atoms with van der Waals surface area (Å²) in [5.41, 5.74) is 1.83. The first-order valence-electron chi connectivity index (χ1n) is 9.17. The summed E-state index contributed by atoms with van der Waals surface area (Å²) >= 11 is 0. The van der Waals surface area contributed by atoms with Gasteiger partial charge in [-0.2, -0.15) is 0 Å². The van der Waals surface area contributed by atoms with Crippen LogP contribution < -0.4 is 10.4 Å². The van der Waals surface area contributed by atoms with Crippen LogP contribution in [0, 0.1) is 0 Å². The molecule has 1 nitrogen and oxygen atoms in total. The zero-order chi connectivity index (χ0) is 17.7. The van der Waals surface area contributed by atoms with Crippen LogP contribution in [0.25, 0.3) is 0 Å². The summed E-state index contributed by atoms with van der Waals surface area (Å²) < 4.78 is 7.27. The van der Waals surface area contributed by atoms with Crippen molar-refractivity contribution in [3.05, 3.63) is 60.7 Å². The lowest BCUT2D eigenvalue weighted by molar-refractivity contribution is 0.502. The standard InChI is InChI=1S/C21H32OSi2/c1-17(2)24(18(3)4,19(5)6)22-23(20-13-9-7-10-14-20)21-15-11-8-12-16-21/h7-19,23H,1-6H3. The monoisotopic (exact) mass is 356 g/mol. The van der Waals surface area contributed by atoms with Gasteiger partial charge in [0, 0.05) is 0 Å². The topological polar surface area (TPSA) is 9.23 Å². The van der Waals surface area contributed by atoms with Gasteiger partial charge in [0.25, 0.3) is 0 Å². The van der Waals surface area contributed by atoms with Crippen LogP contribution in [0.5, 0.6) is 0 Å². The molecular formula is C21H32OSi2. The molecular weight excluding hydrogens is 324 g/mol. The first-order valence-corrected chi connectivity index (χ1v) is 12.9. The molecule has 2 aromatic carbocycles. The predicted molar refractivity (Wildman–Crippen MR) is 111 cm³/mol. The van der Waals surface area contributed by atoms with Gasteiger partial charge < -0.3 is 4.12 Å². The third-order valence-corrected chi connectivity index (χ3v) is 15.2. The highest BCUT2D eigenvalue weighted by atomic mass is 28.4. The van der Waals surface area contributed by atoms with Crippen LogP contribution in [-0.2, 0) is 4.12 Å². The lowest BCUT2D eigenvalue weighted by atomic mass is 10.4. The molecule has 0 atom stereocenters. The van der Waals surface area contributed by atoms with Crippen molar-refractivity contribution in [2.24, 2.45) is 0 Å². The molecule has 0 saturated carbocycles. The van der Waals surface area contributed by atoms with E-state index in [4.69, 9.17) is 4.12 Å². The van der Waals surface area contributed by atoms with E-state index in [0.29, 0.717) is 16.6 Å². The molecule has 0 bridgehead atoms. The molecule has 0 fully saturated rings. The molecule has 0 aromatic heterocycles. The van der Waals surface area contributed by atoms with Gasteiger partial charge in [0.05, 0.1) is 0 Å². The average molecular weight is 357 g/mol.